The summed E-state index contributed by atoms with van der Waals surface area (Å²) in [6, 6.07) is 10.1. The van der Waals surface area contributed by atoms with Crippen LogP contribution in [0.15, 0.2) is 36.5 Å². The number of aryl methyl sites for hydroxylation is 2. The molecule has 18 heavy (non-hydrogen) atoms. The van der Waals surface area contributed by atoms with Gasteiger partial charge >= 0.3 is 0 Å². The topological polar surface area (TPSA) is 67.0 Å². The highest BCUT2D eigenvalue weighted by molar-refractivity contribution is 5.94. The van der Waals surface area contributed by atoms with Crippen LogP contribution in [0.4, 0.5) is 0 Å². The van der Waals surface area contributed by atoms with Crippen LogP contribution in [-0.2, 0) is 17.7 Å². The summed E-state index contributed by atoms with van der Waals surface area (Å²) in [6.45, 7) is 0. The molecule has 2 N–H and O–H groups in total. The first-order valence-electron chi connectivity index (χ1n) is 5.71. The number of amides is 1. The van der Waals surface area contributed by atoms with Crippen molar-refractivity contribution in [2.45, 2.75) is 12.8 Å². The van der Waals surface area contributed by atoms with Crippen LogP contribution >= 0.6 is 0 Å². The average Bonchev–Trinajstić information content (AvgIpc) is 2.86. The van der Waals surface area contributed by atoms with Crippen molar-refractivity contribution in [1.29, 1.82) is 0 Å². The van der Waals surface area contributed by atoms with Crippen molar-refractivity contribution in [3.8, 4) is 0 Å². The number of hydrogen-bond acceptors (Lipinski definition) is 3. The van der Waals surface area contributed by atoms with Crippen LogP contribution in [0.3, 0.4) is 0 Å². The zero-order valence-electron chi connectivity index (χ0n) is 10.1. The van der Waals surface area contributed by atoms with Crippen LogP contribution in [0, 0.1) is 0 Å². The second-order valence-corrected chi connectivity index (χ2v) is 3.87. The molecule has 5 heteroatoms. The molecule has 0 aliphatic heterocycles. The number of aromatic nitrogens is 2. The van der Waals surface area contributed by atoms with Crippen LogP contribution in [-0.4, -0.2) is 23.2 Å². The molecule has 0 spiro atoms. The summed E-state index contributed by atoms with van der Waals surface area (Å²) >= 11 is 0. The first-order valence-corrected chi connectivity index (χ1v) is 5.71. The number of nitrogens with one attached hydrogen (secondary N) is 2. The molecule has 1 heterocycles. The van der Waals surface area contributed by atoms with E-state index in [1.54, 1.807) is 6.20 Å². The van der Waals surface area contributed by atoms with Crippen LogP contribution in [0.1, 0.15) is 21.6 Å². The molecule has 5 nitrogen and oxygen atoms in total. The third kappa shape index (κ3) is 2.95. The van der Waals surface area contributed by atoms with Gasteiger partial charge in [-0.15, -0.1) is 0 Å². The third-order valence-electron chi connectivity index (χ3n) is 2.65. The standard InChI is InChI=1S/C13H15N3O2/c1-18-16-13(17)11-9-14-15-12(11)8-7-10-5-3-2-4-6-10/h2-6,9H,7-8H2,1H3,(H,14,15)(H,16,17). The van der Waals surface area contributed by atoms with Crippen LogP contribution in [0.25, 0.3) is 0 Å². The molecular weight excluding hydrogens is 230 g/mol. The van der Waals surface area contributed by atoms with Crippen molar-refractivity contribution < 1.29 is 9.63 Å². The van der Waals surface area contributed by atoms with E-state index < -0.39 is 0 Å². The zero-order chi connectivity index (χ0) is 12.8. The Morgan fingerprint density at radius 1 is 1.33 bits per heavy atom. The molecule has 1 amide bonds. The molecule has 0 aliphatic rings. The van der Waals surface area contributed by atoms with Gasteiger partial charge in [-0.05, 0) is 18.4 Å². The molecule has 0 unspecified atom stereocenters. The van der Waals surface area contributed by atoms with Gasteiger partial charge in [-0.1, -0.05) is 30.3 Å². The monoisotopic (exact) mass is 245 g/mol. The maximum Gasteiger partial charge on any atom is 0.278 e. The van der Waals surface area contributed by atoms with Crippen molar-refractivity contribution in [1.82, 2.24) is 15.7 Å². The molecule has 0 atom stereocenters. The molecule has 0 aliphatic carbocycles. The van der Waals surface area contributed by atoms with Crippen LogP contribution in [0.5, 0.6) is 0 Å². The lowest BCUT2D eigenvalue weighted by molar-refractivity contribution is 0.0536. The van der Waals surface area contributed by atoms with Gasteiger partial charge in [-0.2, -0.15) is 5.10 Å². The highest BCUT2D eigenvalue weighted by Gasteiger charge is 2.13. The normalized spacial score (nSPS) is 10.3. The first kappa shape index (κ1) is 12.3. The van der Waals surface area contributed by atoms with Gasteiger partial charge in [0, 0.05) is 6.20 Å². The fourth-order valence-electron chi connectivity index (χ4n) is 1.76. The smallest absolute Gasteiger partial charge is 0.278 e. The van der Waals surface area contributed by atoms with Gasteiger partial charge in [0.25, 0.3) is 5.91 Å². The number of hydrogen-bond donors (Lipinski definition) is 2. The lowest BCUT2D eigenvalue weighted by atomic mass is 10.1. The summed E-state index contributed by atoms with van der Waals surface area (Å²) in [6.07, 6.45) is 3.13. The minimum atomic E-state index is -0.283. The number of aromatic amines is 1. The number of hydroxylamine groups is 1. The Hall–Kier alpha value is -2.14. The van der Waals surface area contributed by atoms with E-state index in [2.05, 4.69) is 32.6 Å². The van der Waals surface area contributed by atoms with Crippen molar-refractivity contribution in [3.05, 3.63) is 53.3 Å². The Morgan fingerprint density at radius 2 is 2.11 bits per heavy atom. The Bertz CT molecular complexity index is 508. The van der Waals surface area contributed by atoms with Crippen LogP contribution in [0.2, 0.25) is 0 Å². The summed E-state index contributed by atoms with van der Waals surface area (Å²) in [7, 11) is 1.40. The predicted molar refractivity (Wildman–Crippen MR) is 66.9 cm³/mol. The van der Waals surface area contributed by atoms with Gasteiger partial charge in [0.05, 0.1) is 18.4 Å². The SMILES string of the molecule is CONC(=O)c1c[nH]nc1CCc1ccccc1. The highest BCUT2D eigenvalue weighted by Crippen LogP contribution is 2.09. The van der Waals surface area contributed by atoms with Crippen molar-refractivity contribution >= 4 is 5.91 Å². The van der Waals surface area contributed by atoms with E-state index in [1.807, 2.05) is 18.2 Å². The lowest BCUT2D eigenvalue weighted by Gasteiger charge is -2.03. The molecular formula is C13H15N3O2. The molecule has 2 aromatic rings. The Labute approximate surface area is 105 Å². The summed E-state index contributed by atoms with van der Waals surface area (Å²) in [5, 5.41) is 6.80. The molecule has 0 saturated heterocycles. The van der Waals surface area contributed by atoms with Gasteiger partial charge in [0.2, 0.25) is 0 Å². The lowest BCUT2D eigenvalue weighted by Crippen LogP contribution is -2.22. The number of nitrogens with zero attached hydrogens (tertiary/aromatic N) is 1. The Kier molecular flexibility index (Phi) is 4.09. The van der Waals surface area contributed by atoms with E-state index in [4.69, 9.17) is 0 Å². The largest absolute Gasteiger partial charge is 0.285 e. The van der Waals surface area contributed by atoms with E-state index in [0.29, 0.717) is 12.0 Å². The molecule has 0 fully saturated rings. The second kappa shape index (κ2) is 5.97. The molecule has 0 radical (unpaired) electrons. The minimum absolute atomic E-state index is 0.283. The maximum atomic E-state index is 11.6. The van der Waals surface area contributed by atoms with E-state index >= 15 is 0 Å². The van der Waals surface area contributed by atoms with Crippen molar-refractivity contribution in [2.24, 2.45) is 0 Å². The molecule has 94 valence electrons. The molecule has 2 rings (SSSR count). The van der Waals surface area contributed by atoms with Gasteiger partial charge in [0.1, 0.15) is 0 Å². The fraction of sp³-hybridized carbons (Fsp3) is 0.231. The van der Waals surface area contributed by atoms with E-state index in [1.165, 1.54) is 12.7 Å². The van der Waals surface area contributed by atoms with Crippen molar-refractivity contribution in [3.63, 3.8) is 0 Å². The van der Waals surface area contributed by atoms with Gasteiger partial charge in [0.15, 0.2) is 0 Å². The van der Waals surface area contributed by atoms with Gasteiger partial charge in [-0.25, -0.2) is 5.48 Å². The molecule has 0 bridgehead atoms. The van der Waals surface area contributed by atoms with E-state index in [0.717, 1.165) is 12.1 Å². The molecule has 0 saturated carbocycles. The number of carbonyl (C=O) groups excluding carboxylic acids is 1. The summed E-state index contributed by atoms with van der Waals surface area (Å²) in [5.74, 6) is -0.283. The first-order chi connectivity index (χ1) is 8.81. The van der Waals surface area contributed by atoms with Gasteiger partial charge in [-0.3, -0.25) is 14.7 Å². The third-order valence-corrected chi connectivity index (χ3v) is 2.65. The fourth-order valence-corrected chi connectivity index (χ4v) is 1.76. The Morgan fingerprint density at radius 3 is 2.83 bits per heavy atom. The van der Waals surface area contributed by atoms with Crippen molar-refractivity contribution in [2.75, 3.05) is 7.11 Å². The summed E-state index contributed by atoms with van der Waals surface area (Å²) in [5.41, 5.74) is 4.77. The highest BCUT2D eigenvalue weighted by atomic mass is 16.6. The average molecular weight is 245 g/mol. The summed E-state index contributed by atoms with van der Waals surface area (Å²) < 4.78 is 0. The number of carbonyl (C=O) groups is 1. The van der Waals surface area contributed by atoms with Crippen LogP contribution < -0.4 is 5.48 Å². The molecule has 1 aromatic heterocycles. The van der Waals surface area contributed by atoms with Gasteiger partial charge < -0.3 is 0 Å². The predicted octanol–water partition coefficient (Wildman–Crippen LogP) is 1.49. The zero-order valence-corrected chi connectivity index (χ0v) is 10.1. The Balaban J connectivity index is 2.02. The number of rotatable bonds is 5. The molecule has 1 aromatic carbocycles. The minimum Gasteiger partial charge on any atom is -0.285 e. The number of benzene rings is 1. The summed E-state index contributed by atoms with van der Waals surface area (Å²) in [4.78, 5) is 16.2. The van der Waals surface area contributed by atoms with E-state index in [9.17, 15) is 4.79 Å². The van der Waals surface area contributed by atoms with E-state index in [-0.39, 0.29) is 5.91 Å². The maximum absolute atomic E-state index is 11.6. The number of H-pyrrole nitrogens is 1. The quantitative estimate of drug-likeness (QED) is 0.784. The second-order valence-electron chi connectivity index (χ2n) is 3.87.